The summed E-state index contributed by atoms with van der Waals surface area (Å²) in [5.41, 5.74) is 6.87. The van der Waals surface area contributed by atoms with Crippen molar-refractivity contribution in [2.24, 2.45) is 10.2 Å². The summed E-state index contributed by atoms with van der Waals surface area (Å²) in [7, 11) is 0. The molecule has 2 aliphatic rings. The van der Waals surface area contributed by atoms with E-state index in [-0.39, 0.29) is 5.78 Å². The van der Waals surface area contributed by atoms with Crippen molar-refractivity contribution in [2.75, 3.05) is 10.0 Å². The fourth-order valence-electron chi connectivity index (χ4n) is 4.65. The highest BCUT2D eigenvalue weighted by Crippen LogP contribution is 2.55. The number of rotatable bonds is 4. The van der Waals surface area contributed by atoms with Crippen LogP contribution in [-0.2, 0) is 9.79 Å². The van der Waals surface area contributed by atoms with Gasteiger partial charge in [0.15, 0.2) is 10.8 Å². The lowest BCUT2D eigenvalue weighted by Crippen LogP contribution is -2.54. The van der Waals surface area contributed by atoms with Gasteiger partial charge in [-0.25, -0.2) is 10.0 Å². The number of thioether (sulfide) groups is 1. The van der Waals surface area contributed by atoms with Crippen molar-refractivity contribution in [3.05, 3.63) is 130 Å². The predicted octanol–water partition coefficient (Wildman–Crippen LogP) is 7.30. The number of ketones is 1. The van der Waals surface area contributed by atoms with Gasteiger partial charge in [0.05, 0.1) is 17.1 Å². The third-order valence-corrected chi connectivity index (χ3v) is 8.38. The molecular formula is C30H23BrN4OS. The zero-order chi connectivity index (χ0) is 25.6. The molecule has 0 N–H and O–H groups in total. The highest BCUT2D eigenvalue weighted by Gasteiger charge is 2.55. The topological polar surface area (TPSA) is 48.3 Å². The molecule has 7 heteroatoms. The number of hydrogen-bond donors (Lipinski definition) is 0. The van der Waals surface area contributed by atoms with Crippen molar-refractivity contribution in [3.63, 3.8) is 0 Å². The Bertz CT molecular complexity index is 1550. The monoisotopic (exact) mass is 566 g/mol. The second-order valence-corrected chi connectivity index (χ2v) is 11.0. The molecule has 0 radical (unpaired) electrons. The number of hydrazone groups is 2. The van der Waals surface area contributed by atoms with Crippen LogP contribution >= 0.6 is 27.7 Å². The Morgan fingerprint density at radius 3 is 2.11 bits per heavy atom. The van der Waals surface area contributed by atoms with E-state index in [0.717, 1.165) is 38.2 Å². The normalized spacial score (nSPS) is 18.5. The third-order valence-electron chi connectivity index (χ3n) is 6.44. The number of halogens is 1. The van der Waals surface area contributed by atoms with Gasteiger partial charge in [-0.1, -0.05) is 88.2 Å². The van der Waals surface area contributed by atoms with Crippen LogP contribution in [0.15, 0.2) is 118 Å². The molecule has 0 saturated heterocycles. The van der Waals surface area contributed by atoms with Crippen molar-refractivity contribution < 1.29 is 4.79 Å². The summed E-state index contributed by atoms with van der Waals surface area (Å²) in [6, 6.07) is 34.8. The van der Waals surface area contributed by atoms with Gasteiger partial charge in [-0.3, -0.25) is 4.79 Å². The lowest BCUT2D eigenvalue weighted by atomic mass is 9.93. The second kappa shape index (κ2) is 9.32. The fourth-order valence-corrected chi connectivity index (χ4v) is 6.21. The van der Waals surface area contributed by atoms with E-state index in [1.54, 1.807) is 6.92 Å². The number of nitrogens with zero attached hydrogens (tertiary/aromatic N) is 4. The van der Waals surface area contributed by atoms with E-state index in [9.17, 15) is 4.79 Å². The molecule has 5 nitrogen and oxygen atoms in total. The molecule has 4 aromatic carbocycles. The van der Waals surface area contributed by atoms with Crippen LogP contribution in [0, 0.1) is 6.92 Å². The number of benzene rings is 4. The van der Waals surface area contributed by atoms with Crippen molar-refractivity contribution >= 4 is 55.6 Å². The average Bonchev–Trinajstić information content (AvgIpc) is 3.32. The minimum atomic E-state index is -0.943. The van der Waals surface area contributed by atoms with Gasteiger partial charge in [-0.2, -0.15) is 10.2 Å². The first-order valence-electron chi connectivity index (χ1n) is 11.9. The fraction of sp³-hybridized carbons (Fsp3) is 0.100. The maximum atomic E-state index is 12.7. The Morgan fingerprint density at radius 2 is 1.41 bits per heavy atom. The van der Waals surface area contributed by atoms with Crippen molar-refractivity contribution in [1.82, 2.24) is 0 Å². The molecule has 37 heavy (non-hydrogen) atoms. The van der Waals surface area contributed by atoms with E-state index >= 15 is 0 Å². The molecule has 0 amide bonds. The van der Waals surface area contributed by atoms with Gasteiger partial charge in [0.1, 0.15) is 0 Å². The van der Waals surface area contributed by atoms with Crippen molar-refractivity contribution in [3.8, 4) is 0 Å². The van der Waals surface area contributed by atoms with Gasteiger partial charge in [-0.15, -0.1) is 0 Å². The maximum absolute atomic E-state index is 12.7. The van der Waals surface area contributed by atoms with E-state index < -0.39 is 4.99 Å². The van der Waals surface area contributed by atoms with Crippen LogP contribution in [0.3, 0.4) is 0 Å². The molecule has 0 aromatic heterocycles. The summed E-state index contributed by atoms with van der Waals surface area (Å²) in [4.78, 5) is 11.8. The minimum absolute atomic E-state index is 0.0807. The number of aryl methyl sites for hydroxylation is 1. The molecule has 0 fully saturated rings. The first-order valence-corrected chi connectivity index (χ1v) is 13.5. The number of hydrogen-bond acceptors (Lipinski definition) is 6. The van der Waals surface area contributed by atoms with Crippen molar-refractivity contribution in [2.45, 2.75) is 18.8 Å². The first-order chi connectivity index (χ1) is 18.0. The quantitative estimate of drug-likeness (QED) is 0.260. The van der Waals surface area contributed by atoms with E-state index in [1.807, 2.05) is 76.7 Å². The number of carbonyl (C=O) groups excluding carboxylic acids is 1. The summed E-state index contributed by atoms with van der Waals surface area (Å²) >= 11 is 4.97. The van der Waals surface area contributed by atoms with Crippen LogP contribution in [-0.4, -0.2) is 16.5 Å². The standard InChI is InChI=1S/C30H23BrN4OS/c1-20-12-14-22(15-13-20)28-26-10-6-7-11-27(26)30(34(32-28)24-8-4-3-5-9-24)35(33-29(37-30)21(2)36)25-18-16-23(31)17-19-25/h3-19H,1-2H3/t30-/m0/s1. The molecule has 0 bridgehead atoms. The van der Waals surface area contributed by atoms with Gasteiger partial charge in [-0.05, 0) is 55.1 Å². The third kappa shape index (κ3) is 3.99. The van der Waals surface area contributed by atoms with Gasteiger partial charge in [0.25, 0.3) is 0 Å². The van der Waals surface area contributed by atoms with Gasteiger partial charge < -0.3 is 0 Å². The number of Topliss-reactive ketones (excluding diaryl/α,β-unsaturated/α-hetero) is 1. The van der Waals surface area contributed by atoms with E-state index in [0.29, 0.717) is 5.04 Å². The molecule has 0 aliphatic carbocycles. The van der Waals surface area contributed by atoms with E-state index in [1.165, 1.54) is 17.3 Å². The number of anilines is 2. The smallest absolute Gasteiger partial charge is 0.234 e. The number of para-hydroxylation sites is 1. The molecule has 6 rings (SSSR count). The van der Waals surface area contributed by atoms with Crippen LogP contribution in [0.2, 0.25) is 0 Å². The summed E-state index contributed by atoms with van der Waals surface area (Å²) < 4.78 is 0.969. The predicted molar refractivity (Wildman–Crippen MR) is 156 cm³/mol. The molecule has 4 aromatic rings. The largest absolute Gasteiger partial charge is 0.292 e. The average molecular weight is 568 g/mol. The van der Waals surface area contributed by atoms with Crippen molar-refractivity contribution in [1.29, 1.82) is 0 Å². The van der Waals surface area contributed by atoms with E-state index in [2.05, 4.69) is 59.3 Å². The van der Waals surface area contributed by atoms with Crippen LogP contribution in [0.4, 0.5) is 11.4 Å². The highest BCUT2D eigenvalue weighted by molar-refractivity contribution is 9.10. The van der Waals surface area contributed by atoms with Gasteiger partial charge in [0.2, 0.25) is 4.99 Å². The van der Waals surface area contributed by atoms with Gasteiger partial charge >= 0.3 is 0 Å². The molecule has 2 aliphatic heterocycles. The second-order valence-electron chi connectivity index (χ2n) is 8.97. The lowest BCUT2D eigenvalue weighted by molar-refractivity contribution is -0.110. The summed E-state index contributed by atoms with van der Waals surface area (Å²) in [5, 5.41) is 14.6. The Labute approximate surface area is 228 Å². The Hall–Kier alpha value is -3.68. The van der Waals surface area contributed by atoms with Crippen LogP contribution in [0.1, 0.15) is 29.2 Å². The molecular weight excluding hydrogens is 544 g/mol. The highest BCUT2D eigenvalue weighted by atomic mass is 79.9. The minimum Gasteiger partial charge on any atom is -0.292 e. The van der Waals surface area contributed by atoms with Crippen LogP contribution in [0.5, 0.6) is 0 Å². The Balaban J connectivity index is 1.66. The molecule has 2 heterocycles. The van der Waals surface area contributed by atoms with Gasteiger partial charge in [0, 0.05) is 28.1 Å². The maximum Gasteiger partial charge on any atom is 0.234 e. The molecule has 0 saturated carbocycles. The Kier molecular flexibility index (Phi) is 5.97. The Morgan fingerprint density at radius 1 is 0.784 bits per heavy atom. The number of carbonyl (C=O) groups is 1. The molecule has 182 valence electrons. The van der Waals surface area contributed by atoms with Crippen LogP contribution < -0.4 is 10.0 Å². The number of fused-ring (bicyclic) bond motifs is 2. The summed E-state index contributed by atoms with van der Waals surface area (Å²) in [5.74, 6) is -0.0807. The van der Waals surface area contributed by atoms with Crippen LogP contribution in [0.25, 0.3) is 0 Å². The first kappa shape index (κ1) is 23.7. The molecule has 1 spiro atoms. The zero-order valence-corrected chi connectivity index (χ0v) is 22.7. The van der Waals surface area contributed by atoms with E-state index in [4.69, 9.17) is 10.2 Å². The summed E-state index contributed by atoms with van der Waals surface area (Å²) in [6.07, 6.45) is 0. The SMILES string of the molecule is CC(=O)C1=NN(c2ccc(Br)cc2)[C@]2(S1)c1ccccc1C(c1ccc(C)cc1)=NN2c1ccccc1. The molecule has 0 unspecified atom stereocenters. The molecule has 1 atom stereocenters. The lowest BCUT2D eigenvalue weighted by Gasteiger charge is -2.47. The zero-order valence-electron chi connectivity index (χ0n) is 20.3. The summed E-state index contributed by atoms with van der Waals surface area (Å²) in [6.45, 7) is 3.64.